The maximum atomic E-state index is 14.0. The van der Waals surface area contributed by atoms with E-state index in [1.165, 1.54) is 47.7 Å². The summed E-state index contributed by atoms with van der Waals surface area (Å²) in [6, 6.07) is 11.5. The number of methoxy groups -OCH3 is 5. The van der Waals surface area contributed by atoms with Crippen LogP contribution in [0.1, 0.15) is 21.6 Å². The van der Waals surface area contributed by atoms with E-state index >= 15 is 0 Å². The van der Waals surface area contributed by atoms with Gasteiger partial charge in [-0.2, -0.15) is 0 Å². The highest BCUT2D eigenvalue weighted by molar-refractivity contribution is 6.05. The van der Waals surface area contributed by atoms with Crippen LogP contribution >= 0.6 is 0 Å². The van der Waals surface area contributed by atoms with E-state index in [4.69, 9.17) is 33.7 Å². The van der Waals surface area contributed by atoms with Gasteiger partial charge in [0, 0.05) is 30.1 Å². The van der Waals surface area contributed by atoms with E-state index in [9.17, 15) is 9.18 Å². The number of fused-ring (bicyclic) bond motifs is 2. The lowest BCUT2D eigenvalue weighted by atomic mass is 9.99. The Labute approximate surface area is 225 Å². The number of amides is 1. The number of carbonyl (C=O) groups is 1. The molecule has 0 atom stereocenters. The van der Waals surface area contributed by atoms with Gasteiger partial charge in [0.1, 0.15) is 11.5 Å². The number of hydrogen-bond donors (Lipinski definition) is 0. The molecule has 9 nitrogen and oxygen atoms in total. The monoisotopic (exact) mass is 533 g/mol. The summed E-state index contributed by atoms with van der Waals surface area (Å²) >= 11 is 0. The third-order valence-corrected chi connectivity index (χ3v) is 6.79. The van der Waals surface area contributed by atoms with Crippen molar-refractivity contribution in [3.8, 4) is 40.1 Å². The Bertz CT molecular complexity index is 1550. The Kier molecular flexibility index (Phi) is 7.10. The summed E-state index contributed by atoms with van der Waals surface area (Å²) in [4.78, 5) is 25.2. The van der Waals surface area contributed by atoms with Gasteiger partial charge in [-0.25, -0.2) is 14.4 Å². The lowest BCUT2D eigenvalue weighted by Crippen LogP contribution is -2.36. The quantitative estimate of drug-likeness (QED) is 0.338. The van der Waals surface area contributed by atoms with Gasteiger partial charge < -0.3 is 28.6 Å². The molecule has 0 bridgehead atoms. The van der Waals surface area contributed by atoms with Gasteiger partial charge in [0.15, 0.2) is 28.8 Å². The molecular formula is C29H28FN3O6. The Balaban J connectivity index is 1.68. The molecule has 1 aromatic heterocycles. The lowest BCUT2D eigenvalue weighted by molar-refractivity contribution is 0.0731. The molecule has 39 heavy (non-hydrogen) atoms. The second-order valence-electron chi connectivity index (χ2n) is 8.92. The predicted octanol–water partition coefficient (Wildman–Crippen LogP) is 4.68. The van der Waals surface area contributed by atoms with Crippen molar-refractivity contribution in [1.82, 2.24) is 14.9 Å². The van der Waals surface area contributed by atoms with Crippen molar-refractivity contribution in [2.24, 2.45) is 0 Å². The molecule has 2 heterocycles. The smallest absolute Gasteiger partial charge is 0.273 e. The van der Waals surface area contributed by atoms with Crippen LogP contribution < -0.4 is 23.7 Å². The molecule has 0 aliphatic carbocycles. The topological polar surface area (TPSA) is 92.2 Å². The molecule has 1 aliphatic rings. The first kappa shape index (κ1) is 26.0. The normalized spacial score (nSPS) is 12.6. The molecule has 0 radical (unpaired) electrons. The van der Waals surface area contributed by atoms with Crippen LogP contribution in [-0.2, 0) is 13.0 Å². The molecule has 1 amide bonds. The van der Waals surface area contributed by atoms with Gasteiger partial charge in [0.05, 0.1) is 41.1 Å². The molecule has 0 N–H and O–H groups in total. The SMILES string of the molecule is COc1cc2nc(-c3cc(OC)c(OC)c(OC)c3)nc(C(=O)N3CCc4cc(F)ccc4C3)c2cc1OC. The molecule has 1 aliphatic heterocycles. The van der Waals surface area contributed by atoms with Crippen LogP contribution in [-0.4, -0.2) is 62.9 Å². The van der Waals surface area contributed by atoms with E-state index in [1.54, 1.807) is 35.2 Å². The minimum absolute atomic E-state index is 0.204. The molecular weight excluding hydrogens is 505 g/mol. The minimum atomic E-state index is -0.286. The number of aromatic nitrogens is 2. The Morgan fingerprint density at radius 1 is 0.795 bits per heavy atom. The van der Waals surface area contributed by atoms with Crippen LogP contribution in [0.3, 0.4) is 0 Å². The fourth-order valence-corrected chi connectivity index (χ4v) is 4.80. The van der Waals surface area contributed by atoms with Crippen molar-refractivity contribution >= 4 is 16.8 Å². The fourth-order valence-electron chi connectivity index (χ4n) is 4.80. The lowest BCUT2D eigenvalue weighted by Gasteiger charge is -2.29. The molecule has 0 saturated heterocycles. The van der Waals surface area contributed by atoms with E-state index in [0.717, 1.165) is 11.1 Å². The van der Waals surface area contributed by atoms with Crippen LogP contribution in [0.2, 0.25) is 0 Å². The van der Waals surface area contributed by atoms with E-state index in [2.05, 4.69) is 0 Å². The second kappa shape index (κ2) is 10.6. The maximum Gasteiger partial charge on any atom is 0.273 e. The van der Waals surface area contributed by atoms with Gasteiger partial charge in [0.2, 0.25) is 5.75 Å². The first-order chi connectivity index (χ1) is 18.9. The van der Waals surface area contributed by atoms with Gasteiger partial charge >= 0.3 is 0 Å². The summed E-state index contributed by atoms with van der Waals surface area (Å²) in [5.41, 5.74) is 3.06. The number of nitrogens with zero attached hydrogens (tertiary/aromatic N) is 3. The third-order valence-electron chi connectivity index (χ3n) is 6.79. The molecule has 0 unspecified atom stereocenters. The molecule has 0 spiro atoms. The number of rotatable bonds is 7. The summed E-state index contributed by atoms with van der Waals surface area (Å²) in [5.74, 6) is 1.91. The van der Waals surface area contributed by atoms with Crippen molar-refractivity contribution in [3.63, 3.8) is 0 Å². The first-order valence-corrected chi connectivity index (χ1v) is 12.2. The van der Waals surface area contributed by atoms with Gasteiger partial charge in [0.25, 0.3) is 5.91 Å². The zero-order valence-corrected chi connectivity index (χ0v) is 22.3. The second-order valence-corrected chi connectivity index (χ2v) is 8.92. The van der Waals surface area contributed by atoms with E-state index in [1.807, 2.05) is 0 Å². The molecule has 0 fully saturated rings. The summed E-state index contributed by atoms with van der Waals surface area (Å²) in [7, 11) is 7.62. The largest absolute Gasteiger partial charge is 0.493 e. The van der Waals surface area contributed by atoms with Crippen LogP contribution in [0.4, 0.5) is 4.39 Å². The average molecular weight is 534 g/mol. The third kappa shape index (κ3) is 4.73. The minimum Gasteiger partial charge on any atom is -0.493 e. The summed E-state index contributed by atoms with van der Waals surface area (Å²) in [6.07, 6.45) is 0.540. The van der Waals surface area contributed by atoms with Gasteiger partial charge in [-0.05, 0) is 47.9 Å². The van der Waals surface area contributed by atoms with Crippen LogP contribution in [0, 0.1) is 5.82 Å². The van der Waals surface area contributed by atoms with Crippen molar-refractivity contribution in [2.75, 3.05) is 42.1 Å². The van der Waals surface area contributed by atoms with Gasteiger partial charge in [-0.1, -0.05) is 6.07 Å². The van der Waals surface area contributed by atoms with Crippen molar-refractivity contribution in [1.29, 1.82) is 0 Å². The van der Waals surface area contributed by atoms with Crippen molar-refractivity contribution in [2.45, 2.75) is 13.0 Å². The number of benzene rings is 3. The predicted molar refractivity (Wildman–Crippen MR) is 143 cm³/mol. The highest BCUT2D eigenvalue weighted by Gasteiger charge is 2.27. The molecule has 0 saturated carbocycles. The highest BCUT2D eigenvalue weighted by atomic mass is 19.1. The molecule has 202 valence electrons. The van der Waals surface area contributed by atoms with Crippen molar-refractivity contribution < 1.29 is 32.9 Å². The van der Waals surface area contributed by atoms with E-state index in [0.29, 0.717) is 64.7 Å². The van der Waals surface area contributed by atoms with Crippen LogP contribution in [0.15, 0.2) is 42.5 Å². The number of ether oxygens (including phenoxy) is 5. The standard InChI is InChI=1S/C29H28FN3O6/c1-35-22-13-20-21(14-23(22)36-2)31-28(18-11-24(37-3)27(39-5)25(12-18)38-4)32-26(20)29(34)33-9-8-16-10-19(30)7-6-17(16)15-33/h6-7,10-14H,8-9,15H2,1-5H3. The van der Waals surface area contributed by atoms with Crippen molar-refractivity contribution in [3.05, 3.63) is 65.1 Å². The molecule has 5 rings (SSSR count). The zero-order chi connectivity index (χ0) is 27.7. The molecule has 3 aromatic carbocycles. The maximum absolute atomic E-state index is 14.0. The summed E-state index contributed by atoms with van der Waals surface area (Å²) in [5, 5.41) is 0.513. The van der Waals surface area contributed by atoms with Crippen LogP contribution in [0.25, 0.3) is 22.3 Å². The molecule has 10 heteroatoms. The van der Waals surface area contributed by atoms with Gasteiger partial charge in [-0.15, -0.1) is 0 Å². The highest BCUT2D eigenvalue weighted by Crippen LogP contribution is 2.41. The zero-order valence-electron chi connectivity index (χ0n) is 22.3. The Morgan fingerprint density at radius 3 is 2.10 bits per heavy atom. The Morgan fingerprint density at radius 2 is 1.46 bits per heavy atom. The number of hydrogen-bond acceptors (Lipinski definition) is 8. The number of halogens is 1. The number of carbonyl (C=O) groups excluding carboxylic acids is 1. The average Bonchev–Trinajstić information content (AvgIpc) is 2.98. The summed E-state index contributed by atoms with van der Waals surface area (Å²) < 4.78 is 41.2. The molecule has 4 aromatic rings. The van der Waals surface area contributed by atoms with E-state index < -0.39 is 0 Å². The van der Waals surface area contributed by atoms with Gasteiger partial charge in [-0.3, -0.25) is 4.79 Å². The van der Waals surface area contributed by atoms with Crippen LogP contribution in [0.5, 0.6) is 28.7 Å². The summed E-state index contributed by atoms with van der Waals surface area (Å²) in [6.45, 7) is 0.764. The Hall–Kier alpha value is -4.60. The van der Waals surface area contributed by atoms with E-state index in [-0.39, 0.29) is 23.2 Å². The fraction of sp³-hybridized carbons (Fsp3) is 0.276. The first-order valence-electron chi connectivity index (χ1n) is 12.2.